The van der Waals surface area contributed by atoms with Crippen molar-refractivity contribution in [2.45, 2.75) is 69.7 Å². The number of aliphatic hydroxyl groups excluding tert-OH is 1. The summed E-state index contributed by atoms with van der Waals surface area (Å²) in [5.74, 6) is -0.744. The van der Waals surface area contributed by atoms with E-state index in [1.807, 2.05) is 73.8 Å². The molecule has 1 saturated heterocycles. The highest BCUT2D eigenvalue weighted by Gasteiger charge is 2.37. The fourth-order valence-electron chi connectivity index (χ4n) is 5.41. The number of piperidine rings is 1. The van der Waals surface area contributed by atoms with Crippen LogP contribution in [0.5, 0.6) is 0 Å². The van der Waals surface area contributed by atoms with Gasteiger partial charge in [0.05, 0.1) is 6.10 Å². The molecule has 0 aliphatic carbocycles. The van der Waals surface area contributed by atoms with Gasteiger partial charge >= 0.3 is 0 Å². The number of aliphatic hydroxyl groups is 1. The van der Waals surface area contributed by atoms with Gasteiger partial charge in [0, 0.05) is 50.4 Å². The molecule has 0 bridgehead atoms. The molecule has 2 heterocycles. The van der Waals surface area contributed by atoms with Crippen LogP contribution in [0.15, 0.2) is 72.1 Å². The van der Waals surface area contributed by atoms with Crippen LogP contribution in [0.1, 0.15) is 43.6 Å². The second-order valence-corrected chi connectivity index (χ2v) is 13.3. The standard InChI is InChI=1S/C34H44N4O4S/c1-34(2,35)17-7-12-31(40)36(3)29(22-24-13-14-25-9-5-6-10-26(25)21-24)32(41)37(4)30(23-28-11-8-20-43-28)33(42)38-18-15-27(39)16-19-38/h5-14,20-21,27,29-30,39H,15-19,22-23,35H2,1-4H3/b12-7+/t29-,30-/m1/s1. The van der Waals surface area contributed by atoms with Gasteiger partial charge in [-0.3, -0.25) is 14.4 Å². The van der Waals surface area contributed by atoms with Crippen LogP contribution >= 0.6 is 11.3 Å². The van der Waals surface area contributed by atoms with Gasteiger partial charge in [-0.1, -0.05) is 54.6 Å². The van der Waals surface area contributed by atoms with E-state index in [1.54, 1.807) is 36.4 Å². The van der Waals surface area contributed by atoms with Crippen molar-refractivity contribution in [1.82, 2.24) is 14.7 Å². The minimum atomic E-state index is -0.837. The van der Waals surface area contributed by atoms with Gasteiger partial charge in [0.1, 0.15) is 12.1 Å². The van der Waals surface area contributed by atoms with Crippen LogP contribution < -0.4 is 5.73 Å². The van der Waals surface area contributed by atoms with Crippen molar-refractivity contribution in [3.8, 4) is 0 Å². The van der Waals surface area contributed by atoms with E-state index in [0.717, 1.165) is 21.2 Å². The maximum atomic E-state index is 14.4. The first-order valence-electron chi connectivity index (χ1n) is 14.9. The molecule has 1 aliphatic rings. The van der Waals surface area contributed by atoms with Gasteiger partial charge in [0.15, 0.2) is 0 Å². The van der Waals surface area contributed by atoms with Crippen LogP contribution in [0.4, 0.5) is 0 Å². The van der Waals surface area contributed by atoms with E-state index in [0.29, 0.717) is 45.2 Å². The number of amides is 3. The van der Waals surface area contributed by atoms with Crippen LogP contribution in [0.2, 0.25) is 0 Å². The lowest BCUT2D eigenvalue weighted by Crippen LogP contribution is -2.57. The molecule has 8 nitrogen and oxygen atoms in total. The van der Waals surface area contributed by atoms with E-state index in [2.05, 4.69) is 0 Å². The van der Waals surface area contributed by atoms with Gasteiger partial charge < -0.3 is 25.5 Å². The maximum absolute atomic E-state index is 14.4. The molecule has 4 rings (SSSR count). The van der Waals surface area contributed by atoms with Crippen molar-refractivity contribution in [2.24, 2.45) is 5.73 Å². The average molecular weight is 605 g/mol. The second-order valence-electron chi connectivity index (χ2n) is 12.3. The van der Waals surface area contributed by atoms with Gasteiger partial charge in [0.25, 0.3) is 0 Å². The molecule has 230 valence electrons. The molecule has 9 heteroatoms. The monoisotopic (exact) mass is 604 g/mol. The normalized spacial score (nSPS) is 15.9. The second kappa shape index (κ2) is 14.3. The molecule has 2 aromatic carbocycles. The zero-order valence-corrected chi connectivity index (χ0v) is 26.4. The SMILES string of the molecule is CN(C(=O)/C=C/CC(C)(C)N)[C@H](Cc1ccc2ccccc2c1)C(=O)N(C)[C@H](Cc1cccs1)C(=O)N1CCC(O)CC1. The number of carbonyl (C=O) groups is 3. The fourth-order valence-corrected chi connectivity index (χ4v) is 6.15. The van der Waals surface area contributed by atoms with E-state index in [9.17, 15) is 19.5 Å². The summed E-state index contributed by atoms with van der Waals surface area (Å²) in [5.41, 5.74) is 6.55. The van der Waals surface area contributed by atoms with Crippen LogP contribution in [-0.2, 0) is 27.2 Å². The summed E-state index contributed by atoms with van der Waals surface area (Å²) in [6, 6.07) is 16.4. The van der Waals surface area contributed by atoms with Crippen molar-refractivity contribution in [2.75, 3.05) is 27.2 Å². The van der Waals surface area contributed by atoms with Crippen molar-refractivity contribution >= 4 is 39.8 Å². The molecule has 43 heavy (non-hydrogen) atoms. The lowest BCUT2D eigenvalue weighted by Gasteiger charge is -2.38. The average Bonchev–Trinajstić information content (AvgIpc) is 3.50. The lowest BCUT2D eigenvalue weighted by molar-refractivity contribution is -0.150. The van der Waals surface area contributed by atoms with Crippen molar-refractivity contribution in [1.29, 1.82) is 0 Å². The first-order valence-corrected chi connectivity index (χ1v) is 15.8. The Labute approximate surface area is 258 Å². The largest absolute Gasteiger partial charge is 0.393 e. The van der Waals surface area contributed by atoms with E-state index < -0.39 is 23.7 Å². The summed E-state index contributed by atoms with van der Waals surface area (Å²) in [6.07, 6.45) is 5.02. The third-order valence-corrected chi connectivity index (χ3v) is 9.00. The van der Waals surface area contributed by atoms with Gasteiger partial charge in [-0.15, -0.1) is 11.3 Å². The van der Waals surface area contributed by atoms with E-state index in [-0.39, 0.29) is 17.7 Å². The van der Waals surface area contributed by atoms with Crippen molar-refractivity contribution in [3.63, 3.8) is 0 Å². The molecule has 1 aliphatic heterocycles. The predicted molar refractivity (Wildman–Crippen MR) is 173 cm³/mol. The Morgan fingerprint density at radius 1 is 1.00 bits per heavy atom. The zero-order chi connectivity index (χ0) is 31.1. The number of likely N-dealkylation sites (tertiary alicyclic amines) is 1. The number of thiophene rings is 1. The molecule has 1 fully saturated rings. The molecule has 2 atom stereocenters. The molecule has 3 aromatic rings. The highest BCUT2D eigenvalue weighted by Crippen LogP contribution is 2.22. The topological polar surface area (TPSA) is 107 Å². The van der Waals surface area contributed by atoms with Gasteiger partial charge in [-0.2, -0.15) is 0 Å². The summed E-state index contributed by atoms with van der Waals surface area (Å²) < 4.78 is 0. The van der Waals surface area contributed by atoms with Gasteiger partial charge in [0.2, 0.25) is 17.7 Å². The Morgan fingerprint density at radius 3 is 2.35 bits per heavy atom. The Morgan fingerprint density at radius 2 is 1.70 bits per heavy atom. The van der Waals surface area contributed by atoms with Gasteiger partial charge in [-0.25, -0.2) is 0 Å². The quantitative estimate of drug-likeness (QED) is 0.322. The molecular weight excluding hydrogens is 560 g/mol. The Kier molecular flexibility index (Phi) is 10.8. The number of hydrogen-bond donors (Lipinski definition) is 2. The van der Waals surface area contributed by atoms with E-state index in [4.69, 9.17) is 5.73 Å². The number of carbonyl (C=O) groups excluding carboxylic acids is 3. The Balaban J connectivity index is 1.64. The minimum absolute atomic E-state index is 0.139. The van der Waals surface area contributed by atoms with Crippen LogP contribution in [0.3, 0.4) is 0 Å². The molecule has 0 saturated carbocycles. The van der Waals surface area contributed by atoms with Crippen LogP contribution in [0, 0.1) is 0 Å². The number of benzene rings is 2. The first kappa shape index (κ1) is 32.4. The number of hydrogen-bond acceptors (Lipinski definition) is 6. The summed E-state index contributed by atoms with van der Waals surface area (Å²) in [7, 11) is 3.30. The lowest BCUT2D eigenvalue weighted by atomic mass is 9.98. The molecule has 3 amide bonds. The number of rotatable bonds is 11. The third kappa shape index (κ3) is 8.75. The molecule has 3 N–H and O–H groups in total. The zero-order valence-electron chi connectivity index (χ0n) is 25.6. The Hall–Kier alpha value is -3.53. The number of nitrogens with two attached hydrogens (primary N) is 1. The summed E-state index contributed by atoms with van der Waals surface area (Å²) in [4.78, 5) is 47.4. The maximum Gasteiger partial charge on any atom is 0.246 e. The highest BCUT2D eigenvalue weighted by molar-refractivity contribution is 7.09. The molecule has 0 radical (unpaired) electrons. The number of likely N-dealkylation sites (N-methyl/N-ethyl adjacent to an activating group) is 2. The van der Waals surface area contributed by atoms with Gasteiger partial charge in [-0.05, 0) is 67.0 Å². The number of nitrogens with zero attached hydrogens (tertiary/aromatic N) is 3. The Bertz CT molecular complexity index is 1420. The van der Waals surface area contributed by atoms with E-state index in [1.165, 1.54) is 15.9 Å². The highest BCUT2D eigenvalue weighted by atomic mass is 32.1. The summed E-state index contributed by atoms with van der Waals surface area (Å²) in [5, 5.41) is 14.1. The smallest absolute Gasteiger partial charge is 0.246 e. The van der Waals surface area contributed by atoms with Crippen molar-refractivity contribution in [3.05, 3.63) is 82.6 Å². The first-order chi connectivity index (χ1) is 20.4. The molecule has 0 spiro atoms. The summed E-state index contributed by atoms with van der Waals surface area (Å²) in [6.45, 7) is 4.68. The summed E-state index contributed by atoms with van der Waals surface area (Å²) >= 11 is 1.55. The predicted octanol–water partition coefficient (Wildman–Crippen LogP) is 4.01. The molecule has 0 unspecified atom stereocenters. The third-order valence-electron chi connectivity index (χ3n) is 8.10. The number of fused-ring (bicyclic) bond motifs is 1. The van der Waals surface area contributed by atoms with E-state index >= 15 is 0 Å². The van der Waals surface area contributed by atoms with Crippen LogP contribution in [-0.4, -0.2) is 88.4 Å². The molecule has 1 aromatic heterocycles. The van der Waals surface area contributed by atoms with Crippen molar-refractivity contribution < 1.29 is 19.5 Å². The minimum Gasteiger partial charge on any atom is -0.393 e. The fraction of sp³-hybridized carbons (Fsp3) is 0.441. The molecular formula is C34H44N4O4S. The van der Waals surface area contributed by atoms with Crippen LogP contribution in [0.25, 0.3) is 10.8 Å².